The molecule has 0 saturated carbocycles. The second-order valence-electron chi connectivity index (χ2n) is 3.27. The van der Waals surface area contributed by atoms with Crippen LogP contribution in [-0.4, -0.2) is 41.2 Å². The molecule has 5 nitrogen and oxygen atoms in total. The van der Waals surface area contributed by atoms with E-state index >= 15 is 0 Å². The van der Waals surface area contributed by atoms with Crippen LogP contribution in [0.4, 0.5) is 0 Å². The molecule has 1 aromatic heterocycles. The summed E-state index contributed by atoms with van der Waals surface area (Å²) >= 11 is 0. The lowest BCUT2D eigenvalue weighted by molar-refractivity contribution is 0.0330. The van der Waals surface area contributed by atoms with Gasteiger partial charge in [0.2, 0.25) is 0 Å². The molecule has 0 bridgehead atoms. The van der Waals surface area contributed by atoms with Gasteiger partial charge in [-0.2, -0.15) is 0 Å². The van der Waals surface area contributed by atoms with Crippen molar-refractivity contribution in [2.75, 3.05) is 26.3 Å². The van der Waals surface area contributed by atoms with Gasteiger partial charge in [-0.1, -0.05) is 0 Å². The summed E-state index contributed by atoms with van der Waals surface area (Å²) in [5, 5.41) is 0. The van der Waals surface area contributed by atoms with Gasteiger partial charge in [0.05, 0.1) is 19.8 Å². The monoisotopic (exact) mass is 195 g/mol. The molecule has 2 heterocycles. The minimum atomic E-state index is -0.0942. The molecule has 1 fully saturated rings. The largest absolute Gasteiger partial charge is 0.379 e. The average Bonchev–Trinajstić information content (AvgIpc) is 2.19. The van der Waals surface area contributed by atoms with E-state index in [0.29, 0.717) is 6.54 Å². The third-order valence-corrected chi connectivity index (χ3v) is 2.20. The number of hydrogen-bond acceptors (Lipinski definition) is 4. The van der Waals surface area contributed by atoms with Crippen LogP contribution in [-0.2, 0) is 11.3 Å². The maximum absolute atomic E-state index is 11.0. The molecule has 1 N–H and O–H groups in total. The van der Waals surface area contributed by atoms with E-state index in [1.165, 1.54) is 12.3 Å². The van der Waals surface area contributed by atoms with Crippen LogP contribution in [0.3, 0.4) is 0 Å². The lowest BCUT2D eigenvalue weighted by Gasteiger charge is -2.25. The van der Waals surface area contributed by atoms with Gasteiger partial charge in [-0.05, 0) is 0 Å². The summed E-state index contributed by atoms with van der Waals surface area (Å²) in [6.07, 6.45) is 1.54. The Morgan fingerprint density at radius 1 is 1.50 bits per heavy atom. The fourth-order valence-electron chi connectivity index (χ4n) is 1.46. The molecular formula is C9H13N3O2. The predicted molar refractivity (Wildman–Crippen MR) is 51.0 cm³/mol. The number of hydrogen-bond donors (Lipinski definition) is 1. The molecule has 1 aliphatic rings. The molecule has 0 radical (unpaired) electrons. The van der Waals surface area contributed by atoms with Gasteiger partial charge in [0.25, 0.3) is 5.56 Å². The molecule has 76 valence electrons. The molecule has 0 amide bonds. The van der Waals surface area contributed by atoms with Crippen LogP contribution >= 0.6 is 0 Å². The number of ether oxygens (including phenoxy) is 1. The fourth-order valence-corrected chi connectivity index (χ4v) is 1.46. The molecule has 0 aliphatic carbocycles. The number of aromatic amines is 1. The number of aromatic nitrogens is 2. The summed E-state index contributed by atoms with van der Waals surface area (Å²) in [7, 11) is 0. The van der Waals surface area contributed by atoms with Crippen molar-refractivity contribution in [2.24, 2.45) is 0 Å². The molecule has 0 spiro atoms. The molecule has 1 saturated heterocycles. The van der Waals surface area contributed by atoms with Gasteiger partial charge >= 0.3 is 0 Å². The first-order valence-corrected chi connectivity index (χ1v) is 4.69. The molecule has 0 unspecified atom stereocenters. The van der Waals surface area contributed by atoms with Gasteiger partial charge in [-0.3, -0.25) is 9.69 Å². The number of nitrogens with one attached hydrogen (secondary N) is 1. The van der Waals surface area contributed by atoms with Crippen molar-refractivity contribution in [3.63, 3.8) is 0 Å². The Balaban J connectivity index is 1.99. The van der Waals surface area contributed by atoms with E-state index < -0.39 is 0 Å². The zero-order chi connectivity index (χ0) is 9.80. The van der Waals surface area contributed by atoms with E-state index in [9.17, 15) is 4.79 Å². The third-order valence-electron chi connectivity index (χ3n) is 2.20. The highest BCUT2D eigenvalue weighted by Crippen LogP contribution is 2.00. The van der Waals surface area contributed by atoms with Crippen molar-refractivity contribution in [3.05, 3.63) is 28.4 Å². The van der Waals surface area contributed by atoms with Crippen LogP contribution in [0.1, 0.15) is 5.82 Å². The summed E-state index contributed by atoms with van der Waals surface area (Å²) in [5.74, 6) is 0.722. The number of nitrogens with zero attached hydrogens (tertiary/aromatic N) is 2. The third kappa shape index (κ3) is 2.40. The predicted octanol–water partition coefficient (Wildman–Crippen LogP) is -0.398. The van der Waals surface area contributed by atoms with Gasteiger partial charge in [-0.25, -0.2) is 4.98 Å². The van der Waals surface area contributed by atoms with E-state index in [4.69, 9.17) is 4.74 Å². The van der Waals surface area contributed by atoms with Crippen molar-refractivity contribution in [3.8, 4) is 0 Å². The normalized spacial score (nSPS) is 18.3. The summed E-state index contributed by atoms with van der Waals surface area (Å²) in [6, 6.07) is 1.42. The highest BCUT2D eigenvalue weighted by Gasteiger charge is 2.11. The van der Waals surface area contributed by atoms with Crippen LogP contribution in [0.15, 0.2) is 17.1 Å². The van der Waals surface area contributed by atoms with E-state index in [-0.39, 0.29) is 5.56 Å². The zero-order valence-corrected chi connectivity index (χ0v) is 7.90. The summed E-state index contributed by atoms with van der Waals surface area (Å²) in [6.45, 7) is 4.02. The molecule has 1 aliphatic heterocycles. The van der Waals surface area contributed by atoms with Crippen molar-refractivity contribution in [1.29, 1.82) is 0 Å². The van der Waals surface area contributed by atoms with Crippen LogP contribution < -0.4 is 5.56 Å². The Bertz CT molecular complexity index is 344. The zero-order valence-electron chi connectivity index (χ0n) is 7.90. The van der Waals surface area contributed by atoms with Crippen molar-refractivity contribution in [1.82, 2.24) is 14.9 Å². The minimum Gasteiger partial charge on any atom is -0.379 e. The van der Waals surface area contributed by atoms with Crippen LogP contribution in [0, 0.1) is 0 Å². The molecular weight excluding hydrogens is 182 g/mol. The van der Waals surface area contributed by atoms with E-state index in [2.05, 4.69) is 14.9 Å². The Morgan fingerprint density at radius 2 is 2.29 bits per heavy atom. The lowest BCUT2D eigenvalue weighted by Crippen LogP contribution is -2.36. The Kier molecular flexibility index (Phi) is 2.90. The Morgan fingerprint density at radius 3 is 3.00 bits per heavy atom. The van der Waals surface area contributed by atoms with E-state index in [1.807, 2.05) is 0 Å². The van der Waals surface area contributed by atoms with Gasteiger partial charge in [-0.15, -0.1) is 0 Å². The first-order chi connectivity index (χ1) is 6.84. The second-order valence-corrected chi connectivity index (χ2v) is 3.27. The highest BCUT2D eigenvalue weighted by atomic mass is 16.5. The van der Waals surface area contributed by atoms with Crippen molar-refractivity contribution < 1.29 is 4.74 Å². The quantitative estimate of drug-likeness (QED) is 0.697. The SMILES string of the molecule is O=c1ccnc(CN2CCOCC2)[nH]1. The smallest absolute Gasteiger partial charge is 0.250 e. The highest BCUT2D eigenvalue weighted by molar-refractivity contribution is 4.89. The molecule has 0 aromatic carbocycles. The van der Waals surface area contributed by atoms with Gasteiger partial charge in [0.1, 0.15) is 5.82 Å². The first kappa shape index (κ1) is 9.36. The first-order valence-electron chi connectivity index (χ1n) is 4.69. The minimum absolute atomic E-state index is 0.0942. The number of rotatable bonds is 2. The second kappa shape index (κ2) is 4.34. The molecule has 2 rings (SSSR count). The van der Waals surface area contributed by atoms with Crippen LogP contribution in [0.25, 0.3) is 0 Å². The van der Waals surface area contributed by atoms with Gasteiger partial charge < -0.3 is 9.72 Å². The average molecular weight is 195 g/mol. The van der Waals surface area contributed by atoms with Crippen LogP contribution in [0.5, 0.6) is 0 Å². The molecule has 14 heavy (non-hydrogen) atoms. The Labute approximate surface area is 81.7 Å². The number of H-pyrrole nitrogens is 1. The Hall–Kier alpha value is -1.20. The van der Waals surface area contributed by atoms with Gasteiger partial charge in [0, 0.05) is 25.4 Å². The van der Waals surface area contributed by atoms with E-state index in [1.54, 1.807) is 0 Å². The van der Waals surface area contributed by atoms with Crippen molar-refractivity contribution in [2.45, 2.75) is 6.54 Å². The molecule has 1 aromatic rings. The molecule has 0 atom stereocenters. The standard InChI is InChI=1S/C9H13N3O2/c13-9-1-2-10-8(11-9)7-12-3-5-14-6-4-12/h1-2H,3-7H2,(H,10,11,13). The van der Waals surface area contributed by atoms with Gasteiger partial charge in [0.15, 0.2) is 0 Å². The van der Waals surface area contributed by atoms with Crippen molar-refractivity contribution >= 4 is 0 Å². The van der Waals surface area contributed by atoms with Crippen LogP contribution in [0.2, 0.25) is 0 Å². The number of morpholine rings is 1. The lowest BCUT2D eigenvalue weighted by atomic mass is 10.4. The van der Waals surface area contributed by atoms with E-state index in [0.717, 1.165) is 32.1 Å². The fraction of sp³-hybridized carbons (Fsp3) is 0.556. The maximum atomic E-state index is 11.0. The summed E-state index contributed by atoms with van der Waals surface area (Å²) < 4.78 is 5.23. The molecule has 5 heteroatoms. The topological polar surface area (TPSA) is 58.2 Å². The summed E-state index contributed by atoms with van der Waals surface area (Å²) in [5.41, 5.74) is -0.0942. The maximum Gasteiger partial charge on any atom is 0.250 e. The summed E-state index contributed by atoms with van der Waals surface area (Å²) in [4.78, 5) is 20.0.